The molecule has 1 amide bonds. The summed E-state index contributed by atoms with van der Waals surface area (Å²) in [5.41, 5.74) is -0.0571. The van der Waals surface area contributed by atoms with Gasteiger partial charge in [0.05, 0.1) is 5.69 Å². The molecule has 1 unspecified atom stereocenters. The molecule has 2 heterocycles. The van der Waals surface area contributed by atoms with Crippen LogP contribution in [0.4, 0.5) is 5.69 Å². The van der Waals surface area contributed by atoms with Gasteiger partial charge in [-0.1, -0.05) is 49.7 Å². The molecule has 1 aliphatic rings. The van der Waals surface area contributed by atoms with E-state index in [0.717, 1.165) is 18.4 Å². The predicted octanol–water partition coefficient (Wildman–Crippen LogP) is 3.12. The van der Waals surface area contributed by atoms with Crippen LogP contribution in [0, 0.1) is 0 Å². The number of hydrogen-bond donors (Lipinski definition) is 1. The number of aliphatic hydroxyl groups is 1. The van der Waals surface area contributed by atoms with E-state index in [9.17, 15) is 9.90 Å². The highest BCUT2D eigenvalue weighted by Crippen LogP contribution is 2.44. The largest absolute Gasteiger partial charge is 0.417 e. The molecule has 0 saturated heterocycles. The van der Waals surface area contributed by atoms with Crippen LogP contribution in [-0.2, 0) is 10.4 Å². The molecule has 1 aromatic heterocycles. The maximum absolute atomic E-state index is 13.1. The Kier molecular flexibility index (Phi) is 4.05. The third-order valence-electron chi connectivity index (χ3n) is 4.63. The van der Waals surface area contributed by atoms with Gasteiger partial charge in [-0.2, -0.15) is 0 Å². The molecule has 2 aromatic carbocycles. The molecule has 6 nitrogen and oxygen atoms in total. The molecule has 0 bridgehead atoms. The van der Waals surface area contributed by atoms with Crippen molar-refractivity contribution in [3.63, 3.8) is 0 Å². The first-order valence-electron chi connectivity index (χ1n) is 8.69. The fourth-order valence-corrected chi connectivity index (χ4v) is 3.25. The van der Waals surface area contributed by atoms with Gasteiger partial charge in [-0.3, -0.25) is 4.79 Å². The Balaban J connectivity index is 1.78. The number of aromatic nitrogens is 2. The number of carbonyl (C=O) groups excluding carboxylic acids is 1. The van der Waals surface area contributed by atoms with Gasteiger partial charge >= 0.3 is 0 Å². The summed E-state index contributed by atoms with van der Waals surface area (Å²) in [5.74, 6) is -0.283. The Morgan fingerprint density at radius 1 is 1.08 bits per heavy atom. The number of carbonyl (C=O) groups is 1. The molecule has 4 rings (SSSR count). The number of amides is 1. The lowest BCUT2D eigenvalue weighted by atomic mass is 9.95. The third-order valence-corrected chi connectivity index (χ3v) is 4.63. The lowest BCUT2D eigenvalue weighted by Gasteiger charge is -2.20. The number of unbranched alkanes of at least 4 members (excludes halogenated alkanes) is 1. The zero-order valence-electron chi connectivity index (χ0n) is 14.4. The van der Waals surface area contributed by atoms with Crippen molar-refractivity contribution in [2.24, 2.45) is 0 Å². The van der Waals surface area contributed by atoms with Gasteiger partial charge in [0.2, 0.25) is 11.5 Å². The summed E-state index contributed by atoms with van der Waals surface area (Å²) in [5, 5.41) is 19.3. The van der Waals surface area contributed by atoms with Gasteiger partial charge in [-0.25, -0.2) is 0 Å². The number of nitrogens with zero attached hydrogens (tertiary/aromatic N) is 3. The zero-order chi connectivity index (χ0) is 18.1. The highest BCUT2D eigenvalue weighted by atomic mass is 16.4. The van der Waals surface area contributed by atoms with E-state index in [0.29, 0.717) is 17.8 Å². The van der Waals surface area contributed by atoms with Crippen LogP contribution in [0.3, 0.4) is 0 Å². The van der Waals surface area contributed by atoms with Crippen molar-refractivity contribution in [3.05, 3.63) is 66.1 Å². The van der Waals surface area contributed by atoms with E-state index in [-0.39, 0.29) is 11.8 Å². The summed E-state index contributed by atoms with van der Waals surface area (Å²) in [6, 6.07) is 16.5. The second-order valence-electron chi connectivity index (χ2n) is 6.32. The van der Waals surface area contributed by atoms with Crippen LogP contribution in [-0.4, -0.2) is 27.8 Å². The summed E-state index contributed by atoms with van der Waals surface area (Å²) in [7, 11) is 0. The van der Waals surface area contributed by atoms with Crippen LogP contribution in [0.15, 0.2) is 59.0 Å². The molecule has 0 fully saturated rings. The molecule has 0 saturated carbocycles. The van der Waals surface area contributed by atoms with Crippen molar-refractivity contribution in [2.45, 2.75) is 25.4 Å². The predicted molar refractivity (Wildman–Crippen MR) is 96.4 cm³/mol. The molecular formula is C20H19N3O3. The van der Waals surface area contributed by atoms with Crippen molar-refractivity contribution in [1.82, 2.24) is 10.2 Å². The molecule has 0 spiro atoms. The topological polar surface area (TPSA) is 79.5 Å². The van der Waals surface area contributed by atoms with Crippen molar-refractivity contribution >= 4 is 11.6 Å². The smallest absolute Gasteiger partial charge is 0.273 e. The highest BCUT2D eigenvalue weighted by Gasteiger charge is 2.54. The Labute approximate surface area is 151 Å². The van der Waals surface area contributed by atoms with E-state index >= 15 is 0 Å². The van der Waals surface area contributed by atoms with Crippen molar-refractivity contribution in [2.75, 3.05) is 11.4 Å². The monoisotopic (exact) mass is 349 g/mol. The minimum Gasteiger partial charge on any atom is -0.417 e. The number of para-hydroxylation sites is 1. The summed E-state index contributed by atoms with van der Waals surface area (Å²) < 4.78 is 5.72. The van der Waals surface area contributed by atoms with E-state index in [2.05, 4.69) is 17.1 Å². The fourth-order valence-electron chi connectivity index (χ4n) is 3.25. The molecule has 1 N–H and O–H groups in total. The molecule has 0 radical (unpaired) electrons. The Morgan fingerprint density at radius 2 is 1.81 bits per heavy atom. The number of rotatable bonds is 5. The summed E-state index contributed by atoms with van der Waals surface area (Å²) in [6.07, 6.45) is 1.79. The first-order valence-corrected chi connectivity index (χ1v) is 8.69. The average molecular weight is 349 g/mol. The first kappa shape index (κ1) is 16.5. The molecule has 26 heavy (non-hydrogen) atoms. The van der Waals surface area contributed by atoms with Crippen molar-refractivity contribution in [3.8, 4) is 11.5 Å². The minimum absolute atomic E-state index is 0.104. The molecular weight excluding hydrogens is 330 g/mol. The van der Waals surface area contributed by atoms with Gasteiger partial charge in [0.15, 0.2) is 0 Å². The summed E-state index contributed by atoms with van der Waals surface area (Å²) in [4.78, 5) is 14.7. The van der Waals surface area contributed by atoms with E-state index in [4.69, 9.17) is 4.42 Å². The van der Waals surface area contributed by atoms with E-state index < -0.39 is 11.5 Å². The second-order valence-corrected chi connectivity index (χ2v) is 6.32. The quantitative estimate of drug-likeness (QED) is 0.765. The fraction of sp³-hybridized carbons (Fsp3) is 0.250. The van der Waals surface area contributed by atoms with E-state index in [1.165, 1.54) is 0 Å². The number of benzene rings is 2. The van der Waals surface area contributed by atoms with Gasteiger partial charge < -0.3 is 14.4 Å². The Bertz CT molecular complexity index is 938. The zero-order valence-corrected chi connectivity index (χ0v) is 14.4. The van der Waals surface area contributed by atoms with Crippen LogP contribution in [0.1, 0.15) is 31.2 Å². The van der Waals surface area contributed by atoms with Gasteiger partial charge in [-0.05, 0) is 24.6 Å². The van der Waals surface area contributed by atoms with Crippen LogP contribution in [0.25, 0.3) is 11.5 Å². The summed E-state index contributed by atoms with van der Waals surface area (Å²) >= 11 is 0. The lowest BCUT2D eigenvalue weighted by Crippen LogP contribution is -2.41. The van der Waals surface area contributed by atoms with Gasteiger partial charge in [0.1, 0.15) is 0 Å². The molecule has 0 aliphatic carbocycles. The molecule has 132 valence electrons. The Hall–Kier alpha value is -2.99. The van der Waals surface area contributed by atoms with E-state index in [1.807, 2.05) is 42.5 Å². The maximum Gasteiger partial charge on any atom is 0.273 e. The first-order chi connectivity index (χ1) is 12.7. The number of hydrogen-bond acceptors (Lipinski definition) is 5. The Morgan fingerprint density at radius 3 is 2.58 bits per heavy atom. The lowest BCUT2D eigenvalue weighted by molar-refractivity contribution is -0.133. The average Bonchev–Trinajstić information content (AvgIpc) is 3.26. The minimum atomic E-state index is -1.95. The van der Waals surface area contributed by atoms with Gasteiger partial charge in [-0.15, -0.1) is 10.2 Å². The van der Waals surface area contributed by atoms with Crippen LogP contribution < -0.4 is 4.90 Å². The number of anilines is 1. The molecule has 1 atom stereocenters. The number of fused-ring (bicyclic) bond motifs is 1. The van der Waals surface area contributed by atoms with Gasteiger partial charge in [0, 0.05) is 17.7 Å². The standard InChI is InChI=1S/C20H19N3O3/c1-2-3-13-23-16-12-8-7-11-15(16)20(25,19(23)24)18-22-21-17(26-18)14-9-5-4-6-10-14/h4-12,25H,2-3,13H2,1H3. The van der Waals surface area contributed by atoms with Gasteiger partial charge in [0.25, 0.3) is 11.8 Å². The highest BCUT2D eigenvalue weighted by molar-refractivity contribution is 6.08. The normalized spacial score (nSPS) is 19.0. The van der Waals surface area contributed by atoms with Crippen LogP contribution >= 0.6 is 0 Å². The van der Waals surface area contributed by atoms with Crippen LogP contribution in [0.5, 0.6) is 0 Å². The van der Waals surface area contributed by atoms with Crippen LogP contribution in [0.2, 0.25) is 0 Å². The summed E-state index contributed by atoms with van der Waals surface area (Å²) in [6.45, 7) is 2.59. The molecule has 1 aliphatic heterocycles. The third kappa shape index (κ3) is 2.42. The van der Waals surface area contributed by atoms with E-state index in [1.54, 1.807) is 17.0 Å². The molecule has 6 heteroatoms. The van der Waals surface area contributed by atoms with Crippen molar-refractivity contribution < 1.29 is 14.3 Å². The van der Waals surface area contributed by atoms with Crippen molar-refractivity contribution in [1.29, 1.82) is 0 Å². The maximum atomic E-state index is 13.1. The molecule has 3 aromatic rings. The SMILES string of the molecule is CCCCN1C(=O)C(O)(c2nnc(-c3ccccc3)o2)c2ccccc21. The second kappa shape index (κ2) is 6.38.